The smallest absolute Gasteiger partial charge is 0.241 e. The second-order valence-electron chi connectivity index (χ2n) is 5.74. The van der Waals surface area contributed by atoms with Gasteiger partial charge in [0.25, 0.3) is 0 Å². The van der Waals surface area contributed by atoms with Crippen LogP contribution in [0.2, 0.25) is 0 Å². The molecular weight excluding hydrogens is 293 g/mol. The van der Waals surface area contributed by atoms with Crippen LogP contribution in [0.3, 0.4) is 0 Å². The third-order valence-corrected chi connectivity index (χ3v) is 3.83. The van der Waals surface area contributed by atoms with Gasteiger partial charge in [0.2, 0.25) is 5.91 Å². The number of carbonyl (C=O) groups excluding carboxylic acids is 1. The van der Waals surface area contributed by atoms with Crippen molar-refractivity contribution in [1.82, 2.24) is 14.5 Å². The molecule has 2 aromatic heterocycles. The van der Waals surface area contributed by atoms with E-state index in [1.54, 1.807) is 50.0 Å². The number of hydrogen-bond acceptors (Lipinski definition) is 2. The number of pyridine rings is 1. The molecule has 0 N–H and O–H groups in total. The Morgan fingerprint density at radius 3 is 2.78 bits per heavy atom. The van der Waals surface area contributed by atoms with E-state index in [1.807, 2.05) is 6.07 Å². The molecule has 2 heterocycles. The van der Waals surface area contributed by atoms with E-state index in [2.05, 4.69) is 4.98 Å². The van der Waals surface area contributed by atoms with Crippen LogP contribution in [0.15, 0.2) is 42.7 Å². The molecule has 0 aliphatic carbocycles. The lowest BCUT2D eigenvalue weighted by molar-refractivity contribution is -0.129. The molecular formula is C18H18FN3O. The molecule has 0 aliphatic heterocycles. The SMILES string of the molecule is [2H]c1cc2ncc(-c3ccc(F)c(C)c3)cc2n1CC(=O)N(C)C. The summed E-state index contributed by atoms with van der Waals surface area (Å²) in [5.74, 6) is -0.342. The first-order valence-electron chi connectivity index (χ1n) is 7.79. The molecule has 3 rings (SSSR count). The molecule has 5 heteroatoms. The van der Waals surface area contributed by atoms with Crippen LogP contribution >= 0.6 is 0 Å². The Morgan fingerprint density at radius 2 is 2.09 bits per heavy atom. The lowest BCUT2D eigenvalue weighted by atomic mass is 10.0. The summed E-state index contributed by atoms with van der Waals surface area (Å²) in [6, 6.07) is 8.41. The van der Waals surface area contributed by atoms with Gasteiger partial charge in [0.1, 0.15) is 12.4 Å². The van der Waals surface area contributed by atoms with E-state index in [4.69, 9.17) is 1.37 Å². The van der Waals surface area contributed by atoms with Crippen molar-refractivity contribution < 1.29 is 10.6 Å². The lowest BCUT2D eigenvalue weighted by Gasteiger charge is -2.12. The number of amides is 1. The highest BCUT2D eigenvalue weighted by Crippen LogP contribution is 2.25. The van der Waals surface area contributed by atoms with Crippen LogP contribution in [0.5, 0.6) is 0 Å². The van der Waals surface area contributed by atoms with E-state index in [0.29, 0.717) is 11.1 Å². The Bertz CT molecular complexity index is 933. The van der Waals surface area contributed by atoms with Crippen molar-refractivity contribution in [3.05, 3.63) is 54.1 Å². The van der Waals surface area contributed by atoms with Crippen LogP contribution in [0.25, 0.3) is 22.2 Å². The largest absolute Gasteiger partial charge is 0.347 e. The highest BCUT2D eigenvalue weighted by atomic mass is 19.1. The van der Waals surface area contributed by atoms with Crippen LogP contribution in [-0.4, -0.2) is 34.5 Å². The van der Waals surface area contributed by atoms with Gasteiger partial charge in [-0.1, -0.05) is 6.07 Å². The molecule has 0 saturated heterocycles. The van der Waals surface area contributed by atoms with Crippen molar-refractivity contribution in [3.8, 4) is 11.1 Å². The zero-order chi connectivity index (χ0) is 17.4. The summed E-state index contributed by atoms with van der Waals surface area (Å²) in [5.41, 5.74) is 3.61. The number of rotatable bonds is 3. The monoisotopic (exact) mass is 312 g/mol. The molecule has 0 unspecified atom stereocenters. The fraction of sp³-hybridized carbons (Fsp3) is 0.222. The summed E-state index contributed by atoms with van der Waals surface area (Å²) in [6.07, 6.45) is 1.94. The van der Waals surface area contributed by atoms with Crippen molar-refractivity contribution in [1.29, 1.82) is 0 Å². The van der Waals surface area contributed by atoms with E-state index in [0.717, 1.165) is 16.6 Å². The number of halogens is 1. The summed E-state index contributed by atoms with van der Waals surface area (Å²) in [7, 11) is 3.37. The molecule has 0 saturated carbocycles. The molecule has 1 amide bonds. The third kappa shape index (κ3) is 2.95. The van der Waals surface area contributed by atoms with E-state index >= 15 is 0 Å². The molecule has 0 atom stereocenters. The van der Waals surface area contributed by atoms with E-state index in [-0.39, 0.29) is 24.4 Å². The molecule has 0 aliphatic rings. The number of carbonyl (C=O) groups is 1. The maximum absolute atomic E-state index is 13.5. The molecule has 118 valence electrons. The topological polar surface area (TPSA) is 38.1 Å². The molecule has 4 nitrogen and oxygen atoms in total. The van der Waals surface area contributed by atoms with Gasteiger partial charge < -0.3 is 9.47 Å². The summed E-state index contributed by atoms with van der Waals surface area (Å²) in [4.78, 5) is 17.9. The van der Waals surface area contributed by atoms with Crippen LogP contribution < -0.4 is 0 Å². The number of nitrogens with zero attached hydrogens (tertiary/aromatic N) is 3. The van der Waals surface area contributed by atoms with E-state index in [1.165, 1.54) is 11.0 Å². The zero-order valence-corrected chi connectivity index (χ0v) is 13.3. The Balaban J connectivity index is 2.09. The van der Waals surface area contributed by atoms with Gasteiger partial charge in [0, 0.05) is 32.0 Å². The Hall–Kier alpha value is -2.69. The molecule has 1 aromatic carbocycles. The van der Waals surface area contributed by atoms with Crippen molar-refractivity contribution in [2.45, 2.75) is 13.5 Å². The number of hydrogen-bond donors (Lipinski definition) is 0. The minimum Gasteiger partial charge on any atom is -0.347 e. The number of aryl methyl sites for hydroxylation is 1. The quantitative estimate of drug-likeness (QED) is 0.744. The van der Waals surface area contributed by atoms with E-state index < -0.39 is 0 Å². The Labute approximate surface area is 135 Å². The maximum atomic E-state index is 13.5. The third-order valence-electron chi connectivity index (χ3n) is 3.83. The lowest BCUT2D eigenvalue weighted by Crippen LogP contribution is -2.25. The fourth-order valence-electron chi connectivity index (χ4n) is 2.39. The Kier molecular flexibility index (Phi) is 3.54. The first kappa shape index (κ1) is 13.9. The van der Waals surface area contributed by atoms with Gasteiger partial charge in [-0.25, -0.2) is 4.39 Å². The fourth-order valence-corrected chi connectivity index (χ4v) is 2.39. The van der Waals surface area contributed by atoms with Crippen molar-refractivity contribution in [3.63, 3.8) is 0 Å². The number of likely N-dealkylation sites (N-methyl/N-ethyl adjacent to an activating group) is 1. The van der Waals surface area contributed by atoms with Gasteiger partial charge in [-0.2, -0.15) is 0 Å². The highest BCUT2D eigenvalue weighted by Gasteiger charge is 2.10. The average Bonchev–Trinajstić information content (AvgIpc) is 2.85. The second-order valence-corrected chi connectivity index (χ2v) is 5.74. The van der Waals surface area contributed by atoms with Crippen LogP contribution in [-0.2, 0) is 11.3 Å². The van der Waals surface area contributed by atoms with Crippen LogP contribution in [0, 0.1) is 12.7 Å². The summed E-state index contributed by atoms with van der Waals surface area (Å²) >= 11 is 0. The Morgan fingerprint density at radius 1 is 1.30 bits per heavy atom. The number of fused-ring (bicyclic) bond motifs is 1. The minimum absolute atomic E-state index is 0.0862. The van der Waals surface area contributed by atoms with Gasteiger partial charge in [-0.15, -0.1) is 0 Å². The van der Waals surface area contributed by atoms with Crippen molar-refractivity contribution in [2.75, 3.05) is 14.1 Å². The molecule has 0 spiro atoms. The predicted octanol–water partition coefficient (Wildman–Crippen LogP) is 3.24. The van der Waals surface area contributed by atoms with Gasteiger partial charge in [0.15, 0.2) is 0 Å². The second kappa shape index (κ2) is 5.83. The van der Waals surface area contributed by atoms with Gasteiger partial charge >= 0.3 is 0 Å². The summed E-state index contributed by atoms with van der Waals surface area (Å²) in [5, 5.41) is 0. The first-order chi connectivity index (χ1) is 11.4. The minimum atomic E-state index is -0.249. The van der Waals surface area contributed by atoms with Crippen LogP contribution in [0.4, 0.5) is 4.39 Å². The summed E-state index contributed by atoms with van der Waals surface area (Å²) in [6.45, 7) is 1.80. The normalized spacial score (nSPS) is 11.6. The number of benzene rings is 1. The van der Waals surface area contributed by atoms with Gasteiger partial charge in [0.05, 0.1) is 12.4 Å². The molecule has 0 bridgehead atoms. The van der Waals surface area contributed by atoms with E-state index in [9.17, 15) is 9.18 Å². The van der Waals surface area contributed by atoms with Crippen molar-refractivity contribution in [2.24, 2.45) is 0 Å². The molecule has 0 fully saturated rings. The van der Waals surface area contributed by atoms with Gasteiger partial charge in [-0.05, 0) is 42.3 Å². The van der Waals surface area contributed by atoms with Crippen molar-refractivity contribution >= 4 is 16.9 Å². The highest BCUT2D eigenvalue weighted by molar-refractivity contribution is 5.84. The standard InChI is InChI=1S/C18H18FN3O/c1-12-8-13(4-5-15(12)19)14-9-17-16(20-10-14)6-7-22(17)11-18(23)21(2)3/h4-10H,11H2,1-3H3/i7D. The first-order valence-corrected chi connectivity index (χ1v) is 7.29. The number of aromatic nitrogens is 2. The molecule has 0 radical (unpaired) electrons. The average molecular weight is 312 g/mol. The molecule has 3 aromatic rings. The maximum Gasteiger partial charge on any atom is 0.241 e. The predicted molar refractivity (Wildman–Crippen MR) is 88.6 cm³/mol. The summed E-state index contributed by atoms with van der Waals surface area (Å²) < 4.78 is 23.2. The van der Waals surface area contributed by atoms with Crippen LogP contribution in [0.1, 0.15) is 6.93 Å². The van der Waals surface area contributed by atoms with Gasteiger partial charge in [-0.3, -0.25) is 9.78 Å². The molecule has 23 heavy (non-hydrogen) atoms. The zero-order valence-electron chi connectivity index (χ0n) is 14.3.